The fourth-order valence-electron chi connectivity index (χ4n) is 2.72. The third-order valence-corrected chi connectivity index (χ3v) is 5.55. The Morgan fingerprint density at radius 1 is 1.45 bits per heavy atom. The molecule has 0 atom stereocenters. The first kappa shape index (κ1) is 13.9. The van der Waals surface area contributed by atoms with E-state index in [0.717, 1.165) is 17.5 Å². The summed E-state index contributed by atoms with van der Waals surface area (Å²) in [5, 5.41) is 18.2. The van der Waals surface area contributed by atoms with Crippen molar-refractivity contribution < 1.29 is 9.90 Å². The summed E-state index contributed by atoms with van der Waals surface area (Å²) in [5.41, 5.74) is 0.380. The number of nitrogens with zero attached hydrogens (tertiary/aromatic N) is 3. The zero-order valence-electron chi connectivity index (χ0n) is 12.0. The molecule has 0 bridgehead atoms. The Morgan fingerprint density at radius 2 is 2.15 bits per heavy atom. The maximum absolute atomic E-state index is 10.8. The molecular weight excluding hydrogens is 274 g/mol. The quantitative estimate of drug-likeness (QED) is 0.783. The summed E-state index contributed by atoms with van der Waals surface area (Å²) in [4.78, 5) is 10.8. The Hall–Kier alpha value is -1.04. The topological polar surface area (TPSA) is 68.0 Å². The maximum atomic E-state index is 10.8. The normalized spacial score (nSPS) is 20.4. The van der Waals surface area contributed by atoms with E-state index in [-0.39, 0.29) is 5.75 Å². The van der Waals surface area contributed by atoms with Crippen molar-refractivity contribution in [2.75, 3.05) is 5.75 Å². The Balaban J connectivity index is 1.82. The van der Waals surface area contributed by atoms with E-state index < -0.39 is 5.97 Å². The summed E-state index contributed by atoms with van der Waals surface area (Å²) in [6, 6.07) is 0. The number of thioether (sulfide) groups is 1. The van der Waals surface area contributed by atoms with Crippen LogP contribution in [0.5, 0.6) is 0 Å². The molecule has 2 saturated carbocycles. The minimum Gasteiger partial charge on any atom is -0.481 e. The molecule has 1 N–H and O–H groups in total. The molecule has 2 fully saturated rings. The highest BCUT2D eigenvalue weighted by Crippen LogP contribution is 2.54. The van der Waals surface area contributed by atoms with Crippen LogP contribution >= 0.6 is 11.8 Å². The molecule has 2 aliphatic rings. The van der Waals surface area contributed by atoms with Gasteiger partial charge >= 0.3 is 5.97 Å². The number of carbonyl (C=O) groups is 1. The van der Waals surface area contributed by atoms with E-state index in [4.69, 9.17) is 5.11 Å². The molecule has 2 aliphatic carbocycles. The van der Waals surface area contributed by atoms with Crippen LogP contribution in [0.1, 0.15) is 51.3 Å². The van der Waals surface area contributed by atoms with Crippen LogP contribution in [-0.2, 0) is 11.3 Å². The molecule has 0 radical (unpaired) electrons. The van der Waals surface area contributed by atoms with Crippen molar-refractivity contribution in [2.45, 2.75) is 57.1 Å². The summed E-state index contributed by atoms with van der Waals surface area (Å²) in [6.45, 7) is 5.50. The van der Waals surface area contributed by atoms with Crippen molar-refractivity contribution in [3.8, 4) is 0 Å². The minimum absolute atomic E-state index is 0.0531. The van der Waals surface area contributed by atoms with Gasteiger partial charge in [0.1, 0.15) is 5.82 Å². The smallest absolute Gasteiger partial charge is 0.313 e. The molecule has 20 heavy (non-hydrogen) atoms. The van der Waals surface area contributed by atoms with Crippen LogP contribution in [0, 0.1) is 11.3 Å². The van der Waals surface area contributed by atoms with Gasteiger partial charge in [-0.25, -0.2) is 0 Å². The first-order valence-corrected chi connectivity index (χ1v) is 8.28. The molecule has 0 unspecified atom stereocenters. The van der Waals surface area contributed by atoms with E-state index in [2.05, 4.69) is 28.6 Å². The first-order chi connectivity index (χ1) is 9.52. The van der Waals surface area contributed by atoms with Crippen LogP contribution in [0.25, 0.3) is 0 Å². The zero-order chi connectivity index (χ0) is 14.3. The third kappa shape index (κ3) is 2.71. The van der Waals surface area contributed by atoms with E-state index in [1.807, 2.05) is 0 Å². The number of aromatic nitrogens is 3. The lowest BCUT2D eigenvalue weighted by atomic mass is 9.92. The van der Waals surface area contributed by atoms with Crippen molar-refractivity contribution in [2.24, 2.45) is 11.3 Å². The second kappa shape index (κ2) is 5.06. The predicted molar refractivity (Wildman–Crippen MR) is 76.9 cm³/mol. The van der Waals surface area contributed by atoms with Crippen molar-refractivity contribution in [3.05, 3.63) is 5.82 Å². The number of carboxylic acids is 1. The molecule has 0 amide bonds. The standard InChI is InChI=1S/C14H21N3O2S/c1-9(2)14(5-6-14)8-17-12(10-3-4-10)15-16-13(17)20-7-11(18)19/h9-10H,3-8H2,1-2H3,(H,18,19). The fraction of sp³-hybridized carbons (Fsp3) is 0.786. The molecule has 5 nitrogen and oxygen atoms in total. The Bertz CT molecular complexity index is 518. The Morgan fingerprint density at radius 3 is 2.65 bits per heavy atom. The van der Waals surface area contributed by atoms with Crippen molar-refractivity contribution in [1.29, 1.82) is 0 Å². The second-order valence-corrected chi connectivity index (χ2v) is 7.34. The maximum Gasteiger partial charge on any atom is 0.313 e. The van der Waals surface area contributed by atoms with Crippen molar-refractivity contribution in [3.63, 3.8) is 0 Å². The van der Waals surface area contributed by atoms with Crippen molar-refractivity contribution in [1.82, 2.24) is 14.8 Å². The first-order valence-electron chi connectivity index (χ1n) is 7.29. The van der Waals surface area contributed by atoms with Crippen LogP contribution in [0.3, 0.4) is 0 Å². The molecule has 1 heterocycles. The highest BCUT2D eigenvalue weighted by molar-refractivity contribution is 7.99. The van der Waals surface area contributed by atoms with Gasteiger partial charge in [-0.2, -0.15) is 0 Å². The van der Waals surface area contributed by atoms with Gasteiger partial charge in [0.05, 0.1) is 5.75 Å². The number of hydrogen-bond donors (Lipinski definition) is 1. The molecule has 3 rings (SSSR count). The van der Waals surface area contributed by atoms with Gasteiger partial charge in [0.2, 0.25) is 0 Å². The van der Waals surface area contributed by atoms with Gasteiger partial charge in [-0.3, -0.25) is 4.79 Å². The number of hydrogen-bond acceptors (Lipinski definition) is 4. The summed E-state index contributed by atoms with van der Waals surface area (Å²) in [7, 11) is 0. The molecule has 0 aromatic carbocycles. The Labute approximate surface area is 123 Å². The number of aliphatic carboxylic acids is 1. The highest BCUT2D eigenvalue weighted by Gasteiger charge is 2.47. The summed E-state index contributed by atoms with van der Waals surface area (Å²) >= 11 is 1.29. The van der Waals surface area contributed by atoms with Crippen LogP contribution in [0.4, 0.5) is 0 Å². The van der Waals surface area contributed by atoms with Crippen LogP contribution in [-0.4, -0.2) is 31.6 Å². The molecule has 0 aliphatic heterocycles. The van der Waals surface area contributed by atoms with Gasteiger partial charge in [0.25, 0.3) is 0 Å². The van der Waals surface area contributed by atoms with Gasteiger partial charge in [-0.05, 0) is 37.0 Å². The minimum atomic E-state index is -0.803. The lowest BCUT2D eigenvalue weighted by Crippen LogP contribution is -2.20. The number of rotatable bonds is 7. The third-order valence-electron chi connectivity index (χ3n) is 4.60. The summed E-state index contributed by atoms with van der Waals surface area (Å²) < 4.78 is 2.21. The van der Waals surface area contributed by atoms with Crippen LogP contribution in [0.15, 0.2) is 5.16 Å². The lowest BCUT2D eigenvalue weighted by Gasteiger charge is -2.22. The van der Waals surface area contributed by atoms with Gasteiger partial charge in [-0.15, -0.1) is 10.2 Å². The second-order valence-electron chi connectivity index (χ2n) is 6.40. The molecule has 0 saturated heterocycles. The van der Waals surface area contributed by atoms with Gasteiger partial charge in [-0.1, -0.05) is 25.6 Å². The van der Waals surface area contributed by atoms with Gasteiger partial charge < -0.3 is 9.67 Å². The average Bonchev–Trinajstić information content (AvgIpc) is 3.27. The highest BCUT2D eigenvalue weighted by atomic mass is 32.2. The fourth-order valence-corrected chi connectivity index (χ4v) is 3.38. The lowest BCUT2D eigenvalue weighted by molar-refractivity contribution is -0.133. The van der Waals surface area contributed by atoms with E-state index >= 15 is 0 Å². The van der Waals surface area contributed by atoms with Crippen molar-refractivity contribution >= 4 is 17.7 Å². The molecular formula is C14H21N3O2S. The number of carboxylic acid groups (broad SMARTS) is 1. The van der Waals surface area contributed by atoms with E-state index in [0.29, 0.717) is 17.3 Å². The molecule has 0 spiro atoms. The van der Waals surface area contributed by atoms with Crippen LogP contribution < -0.4 is 0 Å². The van der Waals surface area contributed by atoms with E-state index in [9.17, 15) is 4.79 Å². The van der Waals surface area contributed by atoms with Gasteiger partial charge in [0, 0.05) is 12.5 Å². The van der Waals surface area contributed by atoms with Crippen LogP contribution in [0.2, 0.25) is 0 Å². The summed E-state index contributed by atoms with van der Waals surface area (Å²) in [5.74, 6) is 1.52. The molecule has 1 aromatic rings. The molecule has 6 heteroatoms. The monoisotopic (exact) mass is 295 g/mol. The van der Waals surface area contributed by atoms with Gasteiger partial charge in [0.15, 0.2) is 5.16 Å². The SMILES string of the molecule is CC(C)C1(Cn2c(SCC(=O)O)nnc2C2CC2)CC1. The van der Waals surface area contributed by atoms with E-state index in [1.54, 1.807) is 0 Å². The largest absolute Gasteiger partial charge is 0.481 e. The predicted octanol–water partition coefficient (Wildman–Crippen LogP) is 2.77. The zero-order valence-corrected chi connectivity index (χ0v) is 12.8. The Kier molecular flexibility index (Phi) is 3.52. The summed E-state index contributed by atoms with van der Waals surface area (Å²) in [6.07, 6.45) is 4.90. The molecule has 1 aromatic heterocycles. The molecule has 110 valence electrons. The van der Waals surface area contributed by atoms with E-state index in [1.165, 1.54) is 37.4 Å². The average molecular weight is 295 g/mol.